The zero-order valence-corrected chi connectivity index (χ0v) is 13.2. The standard InChI is InChI=1S/C14H24N6S/c15-12-17-13(16-11-5-3-1-2-4-6-11)19-14(18-12)20-7-9-21-10-8-20/h11H,1-10H2,(H3,15,16,17,18,19). The van der Waals surface area contributed by atoms with E-state index in [2.05, 4.69) is 25.2 Å². The first-order valence-electron chi connectivity index (χ1n) is 7.92. The highest BCUT2D eigenvalue weighted by Crippen LogP contribution is 2.21. The molecule has 1 saturated carbocycles. The van der Waals surface area contributed by atoms with Gasteiger partial charge < -0.3 is 16.0 Å². The third-order valence-electron chi connectivity index (χ3n) is 4.12. The van der Waals surface area contributed by atoms with Gasteiger partial charge in [0.25, 0.3) is 0 Å². The molecule has 0 bridgehead atoms. The average molecular weight is 308 g/mol. The molecule has 0 spiro atoms. The second-order valence-electron chi connectivity index (χ2n) is 5.75. The number of hydrogen-bond acceptors (Lipinski definition) is 7. The molecule has 0 aromatic carbocycles. The van der Waals surface area contributed by atoms with Gasteiger partial charge in [-0.25, -0.2) is 0 Å². The SMILES string of the molecule is Nc1nc(NC2CCCCCC2)nc(N2CCSCC2)n1. The van der Waals surface area contributed by atoms with Crippen LogP contribution >= 0.6 is 11.8 Å². The predicted octanol–water partition coefficient (Wildman–Crippen LogP) is 2.14. The van der Waals surface area contributed by atoms with Crippen molar-refractivity contribution in [1.82, 2.24) is 15.0 Å². The maximum atomic E-state index is 5.87. The Morgan fingerprint density at radius 1 is 1.00 bits per heavy atom. The monoisotopic (exact) mass is 308 g/mol. The van der Waals surface area contributed by atoms with Crippen LogP contribution in [0.5, 0.6) is 0 Å². The molecule has 116 valence electrons. The fourth-order valence-corrected chi connectivity index (χ4v) is 3.86. The molecule has 6 nitrogen and oxygen atoms in total. The van der Waals surface area contributed by atoms with Crippen LogP contribution in [-0.2, 0) is 0 Å². The van der Waals surface area contributed by atoms with E-state index in [0.29, 0.717) is 17.9 Å². The van der Waals surface area contributed by atoms with Gasteiger partial charge in [-0.3, -0.25) is 0 Å². The smallest absolute Gasteiger partial charge is 0.232 e. The summed E-state index contributed by atoms with van der Waals surface area (Å²) in [5.74, 6) is 3.92. The highest BCUT2D eigenvalue weighted by Gasteiger charge is 2.18. The van der Waals surface area contributed by atoms with E-state index in [0.717, 1.165) is 30.5 Å². The van der Waals surface area contributed by atoms with Crippen molar-refractivity contribution in [2.45, 2.75) is 44.6 Å². The first kappa shape index (κ1) is 14.7. The van der Waals surface area contributed by atoms with Crippen molar-refractivity contribution in [2.24, 2.45) is 0 Å². The molecule has 1 aromatic heterocycles. The van der Waals surface area contributed by atoms with Gasteiger partial charge in [-0.1, -0.05) is 25.7 Å². The molecule has 1 aliphatic heterocycles. The van der Waals surface area contributed by atoms with Crippen molar-refractivity contribution in [1.29, 1.82) is 0 Å². The number of nitrogens with zero attached hydrogens (tertiary/aromatic N) is 4. The quantitative estimate of drug-likeness (QED) is 0.828. The molecule has 7 heteroatoms. The Hall–Kier alpha value is -1.24. The molecule has 2 heterocycles. The summed E-state index contributed by atoms with van der Waals surface area (Å²) in [6.45, 7) is 1.97. The van der Waals surface area contributed by atoms with Crippen LogP contribution in [0.15, 0.2) is 0 Å². The Balaban J connectivity index is 1.70. The van der Waals surface area contributed by atoms with Crippen molar-refractivity contribution in [3.8, 4) is 0 Å². The summed E-state index contributed by atoms with van der Waals surface area (Å²) in [6, 6.07) is 0.471. The fourth-order valence-electron chi connectivity index (χ4n) is 2.96. The normalized spacial score (nSPS) is 21.0. The number of rotatable bonds is 3. The lowest BCUT2D eigenvalue weighted by Gasteiger charge is -2.26. The second-order valence-corrected chi connectivity index (χ2v) is 6.97. The Kier molecular flexibility index (Phi) is 5.00. The van der Waals surface area contributed by atoms with E-state index in [9.17, 15) is 0 Å². The van der Waals surface area contributed by atoms with Gasteiger partial charge in [0.2, 0.25) is 17.8 Å². The van der Waals surface area contributed by atoms with Gasteiger partial charge in [-0.05, 0) is 12.8 Å². The van der Waals surface area contributed by atoms with Gasteiger partial charge in [0, 0.05) is 30.6 Å². The lowest BCUT2D eigenvalue weighted by atomic mass is 10.1. The first-order valence-corrected chi connectivity index (χ1v) is 9.07. The van der Waals surface area contributed by atoms with Crippen molar-refractivity contribution >= 4 is 29.6 Å². The largest absolute Gasteiger partial charge is 0.368 e. The zero-order chi connectivity index (χ0) is 14.5. The van der Waals surface area contributed by atoms with E-state index in [1.165, 1.54) is 38.5 Å². The average Bonchev–Trinajstić information content (AvgIpc) is 2.76. The summed E-state index contributed by atoms with van der Waals surface area (Å²) in [5.41, 5.74) is 5.87. The molecule has 3 N–H and O–H groups in total. The molecular weight excluding hydrogens is 284 g/mol. The van der Waals surface area contributed by atoms with Gasteiger partial charge in [-0.15, -0.1) is 0 Å². The Bertz CT molecular complexity index is 455. The Labute approximate surface area is 130 Å². The van der Waals surface area contributed by atoms with E-state index >= 15 is 0 Å². The van der Waals surface area contributed by atoms with E-state index in [1.54, 1.807) is 0 Å². The minimum absolute atomic E-state index is 0.314. The molecule has 2 fully saturated rings. The van der Waals surface area contributed by atoms with Crippen molar-refractivity contribution in [2.75, 3.05) is 40.5 Å². The minimum atomic E-state index is 0.314. The maximum absolute atomic E-state index is 5.87. The lowest BCUT2D eigenvalue weighted by molar-refractivity contribution is 0.614. The van der Waals surface area contributed by atoms with Gasteiger partial charge in [0.1, 0.15) is 0 Å². The number of nitrogen functional groups attached to an aromatic ring is 1. The number of hydrogen-bond donors (Lipinski definition) is 2. The van der Waals surface area contributed by atoms with Crippen LogP contribution in [0.25, 0.3) is 0 Å². The number of anilines is 3. The molecule has 0 radical (unpaired) electrons. The van der Waals surface area contributed by atoms with Gasteiger partial charge in [0.05, 0.1) is 0 Å². The van der Waals surface area contributed by atoms with Crippen LogP contribution in [0.4, 0.5) is 17.8 Å². The van der Waals surface area contributed by atoms with Crippen molar-refractivity contribution in [3.05, 3.63) is 0 Å². The highest BCUT2D eigenvalue weighted by molar-refractivity contribution is 7.99. The maximum Gasteiger partial charge on any atom is 0.232 e. The van der Waals surface area contributed by atoms with Crippen LogP contribution in [0, 0.1) is 0 Å². The first-order chi connectivity index (χ1) is 10.3. The van der Waals surface area contributed by atoms with Crippen molar-refractivity contribution < 1.29 is 0 Å². The summed E-state index contributed by atoms with van der Waals surface area (Å²) in [4.78, 5) is 15.4. The van der Waals surface area contributed by atoms with Gasteiger partial charge in [0.15, 0.2) is 0 Å². The highest BCUT2D eigenvalue weighted by atomic mass is 32.2. The molecule has 1 aromatic rings. The van der Waals surface area contributed by atoms with Crippen LogP contribution in [0.1, 0.15) is 38.5 Å². The third kappa shape index (κ3) is 4.12. The fraction of sp³-hybridized carbons (Fsp3) is 0.786. The second kappa shape index (κ2) is 7.15. The topological polar surface area (TPSA) is 80.0 Å². The molecule has 2 aliphatic rings. The third-order valence-corrected chi connectivity index (χ3v) is 5.07. The number of aromatic nitrogens is 3. The van der Waals surface area contributed by atoms with E-state index in [-0.39, 0.29) is 0 Å². The molecule has 1 saturated heterocycles. The number of nitrogens with two attached hydrogens (primary N) is 1. The number of thioether (sulfide) groups is 1. The summed E-state index contributed by atoms with van der Waals surface area (Å²) >= 11 is 1.97. The van der Waals surface area contributed by atoms with E-state index in [4.69, 9.17) is 5.73 Å². The Morgan fingerprint density at radius 3 is 2.43 bits per heavy atom. The van der Waals surface area contributed by atoms with Crippen LogP contribution in [-0.4, -0.2) is 45.6 Å². The Morgan fingerprint density at radius 2 is 1.71 bits per heavy atom. The predicted molar refractivity (Wildman–Crippen MR) is 88.9 cm³/mol. The van der Waals surface area contributed by atoms with E-state index in [1.807, 2.05) is 11.8 Å². The molecule has 3 rings (SSSR count). The summed E-state index contributed by atoms with van der Waals surface area (Å²) in [7, 11) is 0. The summed E-state index contributed by atoms with van der Waals surface area (Å²) < 4.78 is 0. The summed E-state index contributed by atoms with van der Waals surface area (Å²) in [6.07, 6.45) is 7.65. The number of nitrogens with one attached hydrogen (secondary N) is 1. The molecule has 0 unspecified atom stereocenters. The molecule has 0 atom stereocenters. The van der Waals surface area contributed by atoms with Crippen molar-refractivity contribution in [3.63, 3.8) is 0 Å². The molecule has 21 heavy (non-hydrogen) atoms. The minimum Gasteiger partial charge on any atom is -0.368 e. The molecule has 1 aliphatic carbocycles. The van der Waals surface area contributed by atoms with Crippen LogP contribution in [0.3, 0.4) is 0 Å². The molecular formula is C14H24N6S. The zero-order valence-electron chi connectivity index (χ0n) is 12.4. The van der Waals surface area contributed by atoms with E-state index < -0.39 is 0 Å². The van der Waals surface area contributed by atoms with Crippen LogP contribution < -0.4 is 16.0 Å². The lowest BCUT2D eigenvalue weighted by Crippen LogP contribution is -2.34. The van der Waals surface area contributed by atoms with Gasteiger partial charge in [-0.2, -0.15) is 26.7 Å². The summed E-state index contributed by atoms with van der Waals surface area (Å²) in [5, 5.41) is 3.47. The molecule has 0 amide bonds. The van der Waals surface area contributed by atoms with Gasteiger partial charge >= 0.3 is 0 Å². The van der Waals surface area contributed by atoms with Crippen LogP contribution in [0.2, 0.25) is 0 Å².